The van der Waals surface area contributed by atoms with E-state index < -0.39 is 0 Å². The standard InChI is InChI=1S/C49H31N5O/c1-4-10-32(11-5-1)34-16-22-37(23-17-34)43-29-44(53-48(52-43)39-14-8-3-9-15-39)38-24-18-36(19-25-38)41-28-42-46-45(55-49(42)51-30-41)31-50-47(54-46)40-26-20-35(21-27-40)33-12-6-2-7-13-33/h1-31H. The number of pyridine rings is 1. The average Bonchev–Trinajstić information content (AvgIpc) is 3.65. The van der Waals surface area contributed by atoms with Crippen molar-refractivity contribution in [2.75, 3.05) is 0 Å². The van der Waals surface area contributed by atoms with Gasteiger partial charge in [0.05, 0.1) is 23.0 Å². The molecule has 0 amide bonds. The topological polar surface area (TPSA) is 77.6 Å². The highest BCUT2D eigenvalue weighted by Crippen LogP contribution is 2.34. The van der Waals surface area contributed by atoms with Gasteiger partial charge in [0.1, 0.15) is 5.52 Å². The summed E-state index contributed by atoms with van der Waals surface area (Å²) in [7, 11) is 0. The van der Waals surface area contributed by atoms with Crippen molar-refractivity contribution < 1.29 is 4.42 Å². The van der Waals surface area contributed by atoms with Gasteiger partial charge in [-0.05, 0) is 39.9 Å². The Balaban J connectivity index is 0.973. The largest absolute Gasteiger partial charge is 0.434 e. The smallest absolute Gasteiger partial charge is 0.229 e. The molecule has 0 N–H and O–H groups in total. The van der Waals surface area contributed by atoms with Gasteiger partial charge in [-0.25, -0.2) is 24.9 Å². The van der Waals surface area contributed by atoms with Crippen LogP contribution in [0.1, 0.15) is 0 Å². The Hall–Kier alpha value is -7.57. The summed E-state index contributed by atoms with van der Waals surface area (Å²) in [5, 5.41) is 0.840. The highest BCUT2D eigenvalue weighted by Gasteiger charge is 2.15. The van der Waals surface area contributed by atoms with Crippen LogP contribution in [0.15, 0.2) is 193 Å². The molecule has 10 rings (SSSR count). The van der Waals surface area contributed by atoms with E-state index in [0.717, 1.165) is 66.8 Å². The second kappa shape index (κ2) is 13.8. The molecule has 0 aliphatic heterocycles. The minimum atomic E-state index is 0.528. The third-order valence-corrected chi connectivity index (χ3v) is 9.88. The van der Waals surface area contributed by atoms with Gasteiger partial charge < -0.3 is 4.42 Å². The third-order valence-electron chi connectivity index (χ3n) is 9.88. The summed E-state index contributed by atoms with van der Waals surface area (Å²) in [5.74, 6) is 1.31. The van der Waals surface area contributed by atoms with Crippen molar-refractivity contribution in [3.8, 4) is 78.7 Å². The van der Waals surface area contributed by atoms with E-state index in [1.165, 1.54) is 11.1 Å². The first kappa shape index (κ1) is 32.1. The number of hydrogen-bond donors (Lipinski definition) is 0. The molecule has 258 valence electrons. The molecule has 6 heteroatoms. The first-order chi connectivity index (χ1) is 27.2. The summed E-state index contributed by atoms with van der Waals surface area (Å²) >= 11 is 0. The molecule has 0 atom stereocenters. The van der Waals surface area contributed by atoms with Crippen molar-refractivity contribution in [3.05, 3.63) is 188 Å². The highest BCUT2D eigenvalue weighted by molar-refractivity contribution is 6.02. The van der Waals surface area contributed by atoms with Crippen molar-refractivity contribution >= 4 is 22.2 Å². The van der Waals surface area contributed by atoms with E-state index in [1.807, 2.05) is 60.8 Å². The number of rotatable bonds is 7. The van der Waals surface area contributed by atoms with E-state index in [-0.39, 0.29) is 0 Å². The van der Waals surface area contributed by atoms with Gasteiger partial charge in [-0.3, -0.25) is 0 Å². The quantitative estimate of drug-likeness (QED) is 0.164. The van der Waals surface area contributed by atoms with Crippen LogP contribution in [0.5, 0.6) is 0 Å². The molecule has 4 heterocycles. The zero-order valence-corrected chi connectivity index (χ0v) is 29.5. The molecule has 0 bridgehead atoms. The van der Waals surface area contributed by atoms with E-state index in [1.54, 1.807) is 6.20 Å². The van der Waals surface area contributed by atoms with Gasteiger partial charge in [0.15, 0.2) is 17.2 Å². The fourth-order valence-electron chi connectivity index (χ4n) is 6.94. The van der Waals surface area contributed by atoms with Crippen LogP contribution < -0.4 is 0 Å². The average molecular weight is 706 g/mol. The summed E-state index contributed by atoms with van der Waals surface area (Å²) in [4.78, 5) is 24.3. The van der Waals surface area contributed by atoms with E-state index in [0.29, 0.717) is 22.9 Å². The van der Waals surface area contributed by atoms with Crippen LogP contribution in [0.4, 0.5) is 0 Å². The Labute approximate surface area is 317 Å². The van der Waals surface area contributed by atoms with Crippen molar-refractivity contribution in [1.82, 2.24) is 24.9 Å². The summed E-state index contributed by atoms with van der Waals surface area (Å²) in [6, 6.07) is 60.3. The van der Waals surface area contributed by atoms with Gasteiger partial charge in [-0.15, -0.1) is 0 Å². The lowest BCUT2D eigenvalue weighted by molar-refractivity contribution is 0.651. The molecule has 0 saturated heterocycles. The molecule has 0 radical (unpaired) electrons. The molecule has 0 aliphatic carbocycles. The number of fused-ring (bicyclic) bond motifs is 3. The number of nitrogens with zero attached hydrogens (tertiary/aromatic N) is 5. The summed E-state index contributed by atoms with van der Waals surface area (Å²) in [5.41, 5.74) is 14.1. The van der Waals surface area contributed by atoms with E-state index in [9.17, 15) is 0 Å². The van der Waals surface area contributed by atoms with E-state index in [2.05, 4.69) is 131 Å². The van der Waals surface area contributed by atoms with Crippen LogP contribution in [0, 0.1) is 0 Å². The predicted octanol–water partition coefficient (Wildman–Crippen LogP) is 12.2. The van der Waals surface area contributed by atoms with Crippen LogP contribution in [0.25, 0.3) is 101 Å². The molecule has 4 aromatic heterocycles. The zero-order chi connectivity index (χ0) is 36.6. The van der Waals surface area contributed by atoms with E-state index in [4.69, 9.17) is 19.4 Å². The van der Waals surface area contributed by atoms with Crippen LogP contribution in [0.3, 0.4) is 0 Å². The SMILES string of the molecule is c1ccc(-c2ccc(-c3cc(-c4ccc(-c5cnc6oc7cnc(-c8ccc(-c9ccccc9)cc8)nc7c6c5)cc4)nc(-c4ccccc4)n3)cc2)cc1. The van der Waals surface area contributed by atoms with Crippen molar-refractivity contribution in [1.29, 1.82) is 0 Å². The third kappa shape index (κ3) is 6.32. The predicted molar refractivity (Wildman–Crippen MR) is 221 cm³/mol. The van der Waals surface area contributed by atoms with Gasteiger partial charge >= 0.3 is 0 Å². The highest BCUT2D eigenvalue weighted by atomic mass is 16.3. The molecule has 6 aromatic carbocycles. The van der Waals surface area contributed by atoms with Crippen molar-refractivity contribution in [2.45, 2.75) is 0 Å². The first-order valence-corrected chi connectivity index (χ1v) is 18.1. The molecule has 0 unspecified atom stereocenters. The van der Waals surface area contributed by atoms with Crippen molar-refractivity contribution in [3.63, 3.8) is 0 Å². The molecule has 0 aliphatic rings. The Morgan fingerprint density at radius 2 is 0.764 bits per heavy atom. The van der Waals surface area contributed by atoms with Crippen LogP contribution in [-0.2, 0) is 0 Å². The Morgan fingerprint density at radius 1 is 0.327 bits per heavy atom. The maximum Gasteiger partial charge on any atom is 0.229 e. The molecule has 10 aromatic rings. The summed E-state index contributed by atoms with van der Waals surface area (Å²) in [6.45, 7) is 0. The fourth-order valence-corrected chi connectivity index (χ4v) is 6.94. The van der Waals surface area contributed by atoms with Gasteiger partial charge in [0.2, 0.25) is 5.71 Å². The summed E-state index contributed by atoms with van der Waals surface area (Å²) in [6.07, 6.45) is 3.57. The number of hydrogen-bond acceptors (Lipinski definition) is 6. The molecule has 0 saturated carbocycles. The Kier molecular flexibility index (Phi) is 8.04. The molecule has 6 nitrogen and oxygen atoms in total. The second-order valence-corrected chi connectivity index (χ2v) is 13.4. The molecular weight excluding hydrogens is 675 g/mol. The minimum absolute atomic E-state index is 0.528. The van der Waals surface area contributed by atoms with E-state index >= 15 is 0 Å². The van der Waals surface area contributed by atoms with Crippen LogP contribution >= 0.6 is 0 Å². The van der Waals surface area contributed by atoms with Gasteiger partial charge in [-0.1, -0.05) is 164 Å². The number of furan rings is 1. The van der Waals surface area contributed by atoms with Crippen LogP contribution in [0.2, 0.25) is 0 Å². The Bertz CT molecular complexity index is 2930. The molecule has 0 fully saturated rings. The maximum atomic E-state index is 6.06. The van der Waals surface area contributed by atoms with Gasteiger partial charge in [0.25, 0.3) is 0 Å². The van der Waals surface area contributed by atoms with Crippen LogP contribution in [-0.4, -0.2) is 24.9 Å². The minimum Gasteiger partial charge on any atom is -0.434 e. The maximum absolute atomic E-state index is 6.06. The lowest BCUT2D eigenvalue weighted by Crippen LogP contribution is -1.96. The summed E-state index contributed by atoms with van der Waals surface area (Å²) < 4.78 is 6.06. The lowest BCUT2D eigenvalue weighted by Gasteiger charge is -2.11. The molecule has 55 heavy (non-hydrogen) atoms. The molecular formula is C49H31N5O. The normalized spacial score (nSPS) is 11.3. The van der Waals surface area contributed by atoms with Crippen molar-refractivity contribution in [2.24, 2.45) is 0 Å². The lowest BCUT2D eigenvalue weighted by atomic mass is 10.0. The van der Waals surface area contributed by atoms with Gasteiger partial charge in [0, 0.05) is 34.0 Å². The monoisotopic (exact) mass is 705 g/mol. The Morgan fingerprint density at radius 3 is 1.31 bits per heavy atom. The fraction of sp³-hybridized carbons (Fsp3) is 0. The number of aromatic nitrogens is 5. The molecule has 0 spiro atoms. The van der Waals surface area contributed by atoms with Gasteiger partial charge in [-0.2, -0.15) is 0 Å². The zero-order valence-electron chi connectivity index (χ0n) is 29.5. The first-order valence-electron chi connectivity index (χ1n) is 18.1. The second-order valence-electron chi connectivity index (χ2n) is 13.4. The number of benzene rings is 6.